The summed E-state index contributed by atoms with van der Waals surface area (Å²) in [5, 5.41) is 0. The van der Waals surface area contributed by atoms with E-state index < -0.39 is 0 Å². The zero-order chi connectivity index (χ0) is 15.4. The Bertz CT molecular complexity index is 229. The van der Waals surface area contributed by atoms with E-state index in [0.29, 0.717) is 0 Å². The van der Waals surface area contributed by atoms with Crippen molar-refractivity contribution in [2.45, 2.75) is 83.8 Å². The molecule has 21 heavy (non-hydrogen) atoms. The van der Waals surface area contributed by atoms with Gasteiger partial charge in [-0.1, -0.05) is 45.4 Å². The van der Waals surface area contributed by atoms with Crippen LogP contribution in [-0.4, -0.2) is 32.7 Å². The number of ether oxygens (including phenoxy) is 3. The molecule has 2 rings (SSSR count). The fourth-order valence-electron chi connectivity index (χ4n) is 3.28. The zero-order valence-electron chi connectivity index (χ0n) is 14.5. The summed E-state index contributed by atoms with van der Waals surface area (Å²) in [6, 6.07) is 0. The summed E-state index contributed by atoms with van der Waals surface area (Å²) in [5.41, 5.74) is 0. The molecule has 3 heteroatoms. The van der Waals surface area contributed by atoms with E-state index in [1.165, 1.54) is 51.4 Å². The first-order valence-electron chi connectivity index (χ1n) is 9.03. The van der Waals surface area contributed by atoms with Crippen LogP contribution >= 0.6 is 0 Å². The Morgan fingerprint density at radius 3 is 2.14 bits per heavy atom. The monoisotopic (exact) mass is 300 g/mol. The van der Waals surface area contributed by atoms with Gasteiger partial charge in [0.15, 0.2) is 5.79 Å². The highest BCUT2D eigenvalue weighted by Gasteiger charge is 2.36. The van der Waals surface area contributed by atoms with E-state index in [1.54, 1.807) is 7.11 Å². The molecule has 0 aromatic rings. The summed E-state index contributed by atoms with van der Waals surface area (Å²) in [5.74, 6) is 0.753. The maximum atomic E-state index is 5.92. The first-order valence-corrected chi connectivity index (χ1v) is 9.03. The van der Waals surface area contributed by atoms with Gasteiger partial charge in [-0.15, -0.1) is 0 Å². The Labute approximate surface area is 131 Å². The van der Waals surface area contributed by atoms with E-state index in [0.717, 1.165) is 38.6 Å². The lowest BCUT2D eigenvalue weighted by Crippen LogP contribution is -2.30. The van der Waals surface area contributed by atoms with E-state index in [-0.39, 0.29) is 5.79 Å². The maximum absolute atomic E-state index is 5.92. The van der Waals surface area contributed by atoms with Gasteiger partial charge in [-0.25, -0.2) is 0 Å². The van der Waals surface area contributed by atoms with Gasteiger partial charge in [0.25, 0.3) is 0 Å². The first-order chi connectivity index (χ1) is 10.3. The molecule has 2 fully saturated rings. The molecule has 1 heterocycles. The van der Waals surface area contributed by atoms with Crippen LogP contribution in [0.1, 0.15) is 78.1 Å². The molecule has 0 spiro atoms. The van der Waals surface area contributed by atoms with Gasteiger partial charge in [0.2, 0.25) is 0 Å². The van der Waals surface area contributed by atoms with Crippen molar-refractivity contribution in [3.8, 4) is 0 Å². The molecular weight excluding hydrogens is 264 g/mol. The third kappa shape index (κ3) is 7.62. The van der Waals surface area contributed by atoms with E-state index in [2.05, 4.69) is 11.7 Å². The topological polar surface area (TPSA) is 27.7 Å². The highest BCUT2D eigenvalue weighted by atomic mass is 16.7. The summed E-state index contributed by atoms with van der Waals surface area (Å²) in [6.07, 6.45) is 13.1. The minimum Gasteiger partial charge on any atom is -0.385 e. The van der Waals surface area contributed by atoms with Gasteiger partial charge in [-0.3, -0.25) is 0 Å². The molecule has 1 saturated heterocycles. The molecule has 2 aliphatic rings. The fraction of sp³-hybridized carbons (Fsp3) is 1.00. The molecule has 0 aromatic carbocycles. The van der Waals surface area contributed by atoms with Crippen LogP contribution in [0, 0.1) is 5.92 Å². The number of rotatable bonds is 8. The fourth-order valence-corrected chi connectivity index (χ4v) is 3.28. The second-order valence-corrected chi connectivity index (χ2v) is 6.33. The average Bonchev–Trinajstić information content (AvgIpc) is 3.18. The molecule has 0 atom stereocenters. The number of methoxy groups -OCH3 is 1. The number of unbranched alkanes of at least 4 members (excludes halogenated alkanes) is 2. The Kier molecular flexibility index (Phi) is 10.3. The molecule has 1 aliphatic heterocycles. The molecule has 0 N–H and O–H groups in total. The predicted octanol–water partition coefficient (Wildman–Crippen LogP) is 4.93. The maximum Gasteiger partial charge on any atom is 0.168 e. The lowest BCUT2D eigenvalue weighted by molar-refractivity contribution is -0.170. The number of hydrogen-bond donors (Lipinski definition) is 0. The third-order valence-corrected chi connectivity index (χ3v) is 4.67. The van der Waals surface area contributed by atoms with Crippen LogP contribution in [0.2, 0.25) is 0 Å². The summed E-state index contributed by atoms with van der Waals surface area (Å²) < 4.78 is 16.4. The van der Waals surface area contributed by atoms with E-state index in [1.807, 2.05) is 6.92 Å². The van der Waals surface area contributed by atoms with Crippen LogP contribution in [0.5, 0.6) is 0 Å². The average molecular weight is 300 g/mol. The molecule has 1 saturated carbocycles. The second-order valence-electron chi connectivity index (χ2n) is 6.33. The minimum absolute atomic E-state index is 0.197. The molecule has 0 aromatic heterocycles. The summed E-state index contributed by atoms with van der Waals surface area (Å²) >= 11 is 0. The summed E-state index contributed by atoms with van der Waals surface area (Å²) in [4.78, 5) is 0. The van der Waals surface area contributed by atoms with Crippen molar-refractivity contribution >= 4 is 0 Å². The zero-order valence-corrected chi connectivity index (χ0v) is 14.5. The van der Waals surface area contributed by atoms with Crippen molar-refractivity contribution < 1.29 is 14.2 Å². The highest BCUT2D eigenvalue weighted by molar-refractivity contribution is 4.77. The number of hydrogen-bond acceptors (Lipinski definition) is 3. The Morgan fingerprint density at radius 1 is 1.00 bits per heavy atom. The van der Waals surface area contributed by atoms with Crippen LogP contribution in [0.4, 0.5) is 0 Å². The second kappa shape index (κ2) is 11.4. The van der Waals surface area contributed by atoms with Crippen molar-refractivity contribution in [3.05, 3.63) is 0 Å². The Balaban J connectivity index is 0.000000491. The quantitative estimate of drug-likeness (QED) is 0.595. The van der Waals surface area contributed by atoms with Gasteiger partial charge < -0.3 is 14.2 Å². The highest BCUT2D eigenvalue weighted by Crippen LogP contribution is 2.36. The van der Waals surface area contributed by atoms with Gasteiger partial charge in [-0.05, 0) is 25.7 Å². The largest absolute Gasteiger partial charge is 0.385 e. The summed E-state index contributed by atoms with van der Waals surface area (Å²) in [6.45, 7) is 6.63. The minimum atomic E-state index is -0.197. The van der Waals surface area contributed by atoms with Gasteiger partial charge in [-0.2, -0.15) is 0 Å². The van der Waals surface area contributed by atoms with Crippen molar-refractivity contribution in [3.63, 3.8) is 0 Å². The van der Waals surface area contributed by atoms with Crippen LogP contribution < -0.4 is 0 Å². The van der Waals surface area contributed by atoms with E-state index in [9.17, 15) is 0 Å². The van der Waals surface area contributed by atoms with Gasteiger partial charge in [0, 0.05) is 26.6 Å². The molecular formula is C18H36O3. The van der Waals surface area contributed by atoms with Crippen molar-refractivity contribution in [1.82, 2.24) is 0 Å². The third-order valence-electron chi connectivity index (χ3n) is 4.67. The molecule has 0 bridgehead atoms. The SMILES string of the molecule is CCCCCC1(CCC2CCCC2)OCCO1.CCOC. The molecule has 0 unspecified atom stereocenters. The molecule has 1 aliphatic carbocycles. The standard InChI is InChI=1S/C15H28O2.C3H8O/c1-2-3-6-10-15(16-12-13-17-15)11-9-14-7-4-5-8-14;1-3-4-2/h14H,2-13H2,1H3;3H2,1-2H3. The van der Waals surface area contributed by atoms with Crippen molar-refractivity contribution in [2.24, 2.45) is 5.92 Å². The van der Waals surface area contributed by atoms with Crippen LogP contribution in [0.15, 0.2) is 0 Å². The van der Waals surface area contributed by atoms with Gasteiger partial charge in [0.05, 0.1) is 13.2 Å². The van der Waals surface area contributed by atoms with Gasteiger partial charge >= 0.3 is 0 Å². The Hall–Kier alpha value is -0.120. The van der Waals surface area contributed by atoms with Crippen molar-refractivity contribution in [2.75, 3.05) is 26.9 Å². The lowest BCUT2D eigenvalue weighted by Gasteiger charge is -2.28. The lowest BCUT2D eigenvalue weighted by atomic mass is 9.95. The Morgan fingerprint density at radius 2 is 1.62 bits per heavy atom. The molecule has 126 valence electrons. The normalized spacial score (nSPS) is 21.3. The molecule has 3 nitrogen and oxygen atoms in total. The van der Waals surface area contributed by atoms with Gasteiger partial charge in [0.1, 0.15) is 0 Å². The molecule has 0 radical (unpaired) electrons. The van der Waals surface area contributed by atoms with Crippen LogP contribution in [0.25, 0.3) is 0 Å². The van der Waals surface area contributed by atoms with E-state index in [4.69, 9.17) is 9.47 Å². The molecule has 0 amide bonds. The van der Waals surface area contributed by atoms with Crippen molar-refractivity contribution in [1.29, 1.82) is 0 Å². The van der Waals surface area contributed by atoms with E-state index >= 15 is 0 Å². The smallest absolute Gasteiger partial charge is 0.168 e. The predicted molar refractivity (Wildman–Crippen MR) is 87.5 cm³/mol. The van der Waals surface area contributed by atoms with Crippen LogP contribution in [0.3, 0.4) is 0 Å². The summed E-state index contributed by atoms with van der Waals surface area (Å²) in [7, 11) is 1.68. The van der Waals surface area contributed by atoms with Crippen LogP contribution in [-0.2, 0) is 14.2 Å². The first kappa shape index (κ1) is 18.9.